The largest absolute Gasteiger partial charge is 0.398 e. The fourth-order valence-electron chi connectivity index (χ4n) is 1.79. The van der Waals surface area contributed by atoms with E-state index in [1.807, 2.05) is 31.2 Å². The van der Waals surface area contributed by atoms with Crippen LogP contribution in [-0.2, 0) is 16.1 Å². The summed E-state index contributed by atoms with van der Waals surface area (Å²) in [6, 6.07) is 7.56. The second-order valence-electron chi connectivity index (χ2n) is 4.65. The van der Waals surface area contributed by atoms with Crippen molar-refractivity contribution in [2.45, 2.75) is 32.4 Å². The average Bonchev–Trinajstić information content (AvgIpc) is 2.39. The van der Waals surface area contributed by atoms with Crippen LogP contribution in [0.1, 0.15) is 25.8 Å². The first-order valence-corrected chi connectivity index (χ1v) is 6.08. The fourth-order valence-corrected chi connectivity index (χ4v) is 1.79. The Morgan fingerprint density at radius 3 is 2.56 bits per heavy atom. The Balaban J connectivity index is 2.80. The van der Waals surface area contributed by atoms with Gasteiger partial charge in [-0.3, -0.25) is 4.79 Å². The second-order valence-corrected chi connectivity index (χ2v) is 4.65. The van der Waals surface area contributed by atoms with E-state index in [9.17, 15) is 4.79 Å². The Morgan fingerprint density at radius 1 is 1.44 bits per heavy atom. The molecule has 0 saturated heterocycles. The van der Waals surface area contributed by atoms with Crippen LogP contribution >= 0.6 is 0 Å². The number of carbonyl (C=O) groups excluding carboxylic acids is 1. The van der Waals surface area contributed by atoms with Crippen LogP contribution in [0.2, 0.25) is 0 Å². The van der Waals surface area contributed by atoms with E-state index < -0.39 is 5.60 Å². The number of nitrogens with zero attached hydrogens (tertiary/aromatic N) is 1. The molecule has 0 aliphatic rings. The van der Waals surface area contributed by atoms with Crippen molar-refractivity contribution in [3.8, 4) is 0 Å². The highest BCUT2D eigenvalue weighted by molar-refractivity contribution is 5.84. The highest BCUT2D eigenvalue weighted by atomic mass is 16.5. The molecule has 0 fully saturated rings. The van der Waals surface area contributed by atoms with Gasteiger partial charge in [-0.15, -0.1) is 0 Å². The maximum absolute atomic E-state index is 12.3. The number of nitrogens with two attached hydrogens (primary N) is 1. The van der Waals surface area contributed by atoms with E-state index in [0.29, 0.717) is 18.7 Å². The first-order valence-electron chi connectivity index (χ1n) is 6.08. The summed E-state index contributed by atoms with van der Waals surface area (Å²) in [5, 5.41) is 0. The lowest BCUT2D eigenvalue weighted by atomic mass is 10.0. The number of likely N-dealkylation sites (N-methyl/N-ethyl adjacent to an activating group) is 1. The molecule has 1 unspecified atom stereocenters. The van der Waals surface area contributed by atoms with Gasteiger partial charge in [0.2, 0.25) is 0 Å². The standard InChI is InChI=1S/C14H22N2O2/c1-5-14(2,18-4)13(17)16(3)10-11-8-6-7-9-12(11)15/h6-9H,5,10,15H2,1-4H3. The van der Waals surface area contributed by atoms with Gasteiger partial charge >= 0.3 is 0 Å². The normalized spacial score (nSPS) is 14.0. The van der Waals surface area contributed by atoms with E-state index in [0.717, 1.165) is 5.56 Å². The number of hydrogen-bond donors (Lipinski definition) is 1. The van der Waals surface area contributed by atoms with Crippen molar-refractivity contribution in [2.75, 3.05) is 19.9 Å². The third-order valence-electron chi connectivity index (χ3n) is 3.39. The fraction of sp³-hybridized carbons (Fsp3) is 0.500. The molecule has 1 amide bonds. The Hall–Kier alpha value is -1.55. The van der Waals surface area contributed by atoms with Crippen molar-refractivity contribution in [3.05, 3.63) is 29.8 Å². The van der Waals surface area contributed by atoms with Gasteiger partial charge in [-0.25, -0.2) is 0 Å². The van der Waals surface area contributed by atoms with Crippen LogP contribution in [0.15, 0.2) is 24.3 Å². The molecule has 0 saturated carbocycles. The van der Waals surface area contributed by atoms with Crippen LogP contribution in [0.5, 0.6) is 0 Å². The molecule has 2 N–H and O–H groups in total. The van der Waals surface area contributed by atoms with Crippen molar-refractivity contribution in [1.29, 1.82) is 0 Å². The molecular weight excluding hydrogens is 228 g/mol. The monoisotopic (exact) mass is 250 g/mol. The summed E-state index contributed by atoms with van der Waals surface area (Å²) in [6.07, 6.45) is 0.636. The smallest absolute Gasteiger partial charge is 0.254 e. The minimum atomic E-state index is -0.766. The molecule has 0 aliphatic carbocycles. The first-order chi connectivity index (χ1) is 8.44. The van der Waals surface area contributed by atoms with E-state index in [-0.39, 0.29) is 5.91 Å². The number of hydrogen-bond acceptors (Lipinski definition) is 3. The third kappa shape index (κ3) is 3.01. The van der Waals surface area contributed by atoms with Crippen LogP contribution in [0, 0.1) is 0 Å². The van der Waals surface area contributed by atoms with Crippen LogP contribution in [0.4, 0.5) is 5.69 Å². The Bertz CT molecular complexity index is 414. The van der Waals surface area contributed by atoms with Gasteiger partial charge in [-0.1, -0.05) is 25.1 Å². The molecule has 0 heterocycles. The zero-order valence-electron chi connectivity index (χ0n) is 11.6. The topological polar surface area (TPSA) is 55.6 Å². The minimum absolute atomic E-state index is 0.0317. The van der Waals surface area contributed by atoms with Crippen molar-refractivity contribution >= 4 is 11.6 Å². The molecule has 0 spiro atoms. The molecule has 100 valence electrons. The molecule has 0 radical (unpaired) electrons. The summed E-state index contributed by atoms with van der Waals surface area (Å²) in [4.78, 5) is 14.0. The van der Waals surface area contributed by atoms with Crippen molar-refractivity contribution in [1.82, 2.24) is 4.90 Å². The molecular formula is C14H22N2O2. The van der Waals surface area contributed by atoms with Gasteiger partial charge in [0.1, 0.15) is 5.60 Å². The molecule has 1 aromatic rings. The lowest BCUT2D eigenvalue weighted by Gasteiger charge is -2.30. The van der Waals surface area contributed by atoms with E-state index in [1.54, 1.807) is 26.0 Å². The molecule has 1 aromatic carbocycles. The summed E-state index contributed by atoms with van der Waals surface area (Å²) in [6.45, 7) is 4.23. The molecule has 1 atom stereocenters. The zero-order chi connectivity index (χ0) is 13.8. The Kier molecular flexibility index (Phi) is 4.73. The highest BCUT2D eigenvalue weighted by Crippen LogP contribution is 2.20. The number of carbonyl (C=O) groups is 1. The summed E-state index contributed by atoms with van der Waals surface area (Å²) in [5.74, 6) is -0.0317. The first kappa shape index (κ1) is 14.5. The van der Waals surface area contributed by atoms with Gasteiger partial charge in [-0.05, 0) is 25.0 Å². The van der Waals surface area contributed by atoms with Gasteiger partial charge in [0.25, 0.3) is 5.91 Å². The predicted octanol–water partition coefficient (Wildman–Crippen LogP) is 2.04. The van der Waals surface area contributed by atoms with E-state index in [4.69, 9.17) is 10.5 Å². The molecule has 18 heavy (non-hydrogen) atoms. The van der Waals surface area contributed by atoms with E-state index in [1.165, 1.54) is 0 Å². The number of nitrogen functional groups attached to an aromatic ring is 1. The Labute approximate surface area is 109 Å². The van der Waals surface area contributed by atoms with Gasteiger partial charge in [0.05, 0.1) is 0 Å². The van der Waals surface area contributed by atoms with Crippen molar-refractivity contribution in [3.63, 3.8) is 0 Å². The number of ether oxygens (including phenoxy) is 1. The van der Waals surface area contributed by atoms with Crippen molar-refractivity contribution < 1.29 is 9.53 Å². The SMILES string of the molecule is CCC(C)(OC)C(=O)N(C)Cc1ccccc1N. The number of para-hydroxylation sites is 1. The molecule has 0 aliphatic heterocycles. The predicted molar refractivity (Wildman–Crippen MR) is 73.0 cm³/mol. The van der Waals surface area contributed by atoms with Gasteiger partial charge in [0.15, 0.2) is 0 Å². The molecule has 4 heteroatoms. The van der Waals surface area contributed by atoms with E-state index >= 15 is 0 Å². The minimum Gasteiger partial charge on any atom is -0.398 e. The summed E-state index contributed by atoms with van der Waals surface area (Å²) >= 11 is 0. The maximum Gasteiger partial charge on any atom is 0.254 e. The molecule has 0 aromatic heterocycles. The number of anilines is 1. The highest BCUT2D eigenvalue weighted by Gasteiger charge is 2.33. The zero-order valence-corrected chi connectivity index (χ0v) is 11.6. The average molecular weight is 250 g/mol. The Morgan fingerprint density at radius 2 is 2.06 bits per heavy atom. The summed E-state index contributed by atoms with van der Waals surface area (Å²) < 4.78 is 5.32. The number of rotatable bonds is 5. The van der Waals surface area contributed by atoms with Gasteiger partial charge in [0, 0.05) is 26.4 Å². The summed E-state index contributed by atoms with van der Waals surface area (Å²) in [5.41, 5.74) is 6.76. The van der Waals surface area contributed by atoms with Gasteiger partial charge < -0.3 is 15.4 Å². The van der Waals surface area contributed by atoms with E-state index in [2.05, 4.69) is 0 Å². The lowest BCUT2D eigenvalue weighted by Crippen LogP contribution is -2.46. The van der Waals surface area contributed by atoms with Gasteiger partial charge in [-0.2, -0.15) is 0 Å². The maximum atomic E-state index is 12.3. The second kappa shape index (κ2) is 5.87. The molecule has 1 rings (SSSR count). The molecule has 0 bridgehead atoms. The quantitative estimate of drug-likeness (QED) is 0.814. The number of methoxy groups -OCH3 is 1. The third-order valence-corrected chi connectivity index (χ3v) is 3.39. The summed E-state index contributed by atoms with van der Waals surface area (Å²) in [7, 11) is 3.33. The van der Waals surface area contributed by atoms with Crippen LogP contribution in [0.3, 0.4) is 0 Å². The van der Waals surface area contributed by atoms with Crippen LogP contribution < -0.4 is 5.73 Å². The lowest BCUT2D eigenvalue weighted by molar-refractivity contribution is -0.152. The number of benzene rings is 1. The number of amides is 1. The van der Waals surface area contributed by atoms with Crippen LogP contribution in [-0.4, -0.2) is 30.6 Å². The molecule has 4 nitrogen and oxygen atoms in total. The van der Waals surface area contributed by atoms with Crippen LogP contribution in [0.25, 0.3) is 0 Å². The van der Waals surface area contributed by atoms with Crippen molar-refractivity contribution in [2.24, 2.45) is 0 Å².